The number of hydrogen-bond acceptors (Lipinski definition) is 13. The van der Waals surface area contributed by atoms with Gasteiger partial charge in [-0.05, 0) is 12.1 Å². The number of carbonyl (C=O) groups excluding carboxylic acids is 2. The van der Waals surface area contributed by atoms with Crippen LogP contribution in [0.3, 0.4) is 0 Å². The number of nitrogens with zero attached hydrogens (tertiary/aromatic N) is 5. The van der Waals surface area contributed by atoms with E-state index in [1.165, 1.54) is 23.5 Å². The standard InChI is InChI=1S/C21H22ClN9O5S4/c22-15-11(29-21(25)40-15)12(30-36)16(32)28-13-17(33)31-14(19(34)35)10(7-38-18(13)31)39-9-2-1-3-26-8(9)6-37-5-4-27-20(23)24/h1-3,13,18,36H,4-7H2,(H2,25,29)(H,28,32)(H,34,35)(H4,23,24,27)/b30-12-/t13-,18?/m1/s1. The minimum atomic E-state index is -1.27. The Balaban J connectivity index is 1.48. The van der Waals surface area contributed by atoms with Gasteiger partial charge in [0.15, 0.2) is 16.8 Å². The zero-order valence-electron chi connectivity index (χ0n) is 20.3. The van der Waals surface area contributed by atoms with Crippen LogP contribution in [0, 0.1) is 0 Å². The molecule has 0 bridgehead atoms. The number of anilines is 1. The van der Waals surface area contributed by atoms with Crippen LogP contribution in [0.4, 0.5) is 5.13 Å². The summed E-state index contributed by atoms with van der Waals surface area (Å²) in [7, 11) is 0. The highest BCUT2D eigenvalue weighted by molar-refractivity contribution is 8.06. The van der Waals surface area contributed by atoms with Gasteiger partial charge in [-0.15, -0.1) is 11.8 Å². The number of nitrogen functional groups attached to an aromatic ring is 1. The molecule has 2 aromatic heterocycles. The number of nitrogens with one attached hydrogen (secondary N) is 1. The average molecular weight is 644 g/mol. The van der Waals surface area contributed by atoms with Crippen molar-refractivity contribution in [3.63, 3.8) is 0 Å². The second-order valence-corrected chi connectivity index (χ2v) is 12.9. The first kappa shape index (κ1) is 29.8. The molecule has 2 aliphatic heterocycles. The number of halogens is 1. The van der Waals surface area contributed by atoms with Crippen molar-refractivity contribution in [1.82, 2.24) is 20.2 Å². The quantitative estimate of drug-likeness (QED) is 0.0500. The Kier molecular flexibility index (Phi) is 9.67. The molecule has 0 aromatic carbocycles. The number of aromatic nitrogens is 2. The topological polar surface area (TPSA) is 236 Å². The summed E-state index contributed by atoms with van der Waals surface area (Å²) >= 11 is 11.0. The lowest BCUT2D eigenvalue weighted by atomic mass is 10.0. The molecule has 2 atom stereocenters. The molecule has 0 radical (unpaired) electrons. The van der Waals surface area contributed by atoms with Gasteiger partial charge >= 0.3 is 5.97 Å². The van der Waals surface area contributed by atoms with Crippen molar-refractivity contribution in [2.24, 2.45) is 21.6 Å². The highest BCUT2D eigenvalue weighted by Gasteiger charge is 2.54. The number of β-lactam (4-membered cyclic amide) rings is 1. The van der Waals surface area contributed by atoms with Gasteiger partial charge in [0.1, 0.15) is 27.1 Å². The minimum absolute atomic E-state index is 0.0225. The third-order valence-electron chi connectivity index (χ3n) is 5.41. The van der Waals surface area contributed by atoms with Crippen molar-refractivity contribution in [2.75, 3.05) is 23.8 Å². The summed E-state index contributed by atoms with van der Waals surface area (Å²) in [6, 6.07) is 2.53. The largest absolute Gasteiger partial charge is 0.477 e. The molecule has 19 heteroatoms. The average Bonchev–Trinajstić information content (AvgIpc) is 3.24. The van der Waals surface area contributed by atoms with E-state index in [0.717, 1.165) is 26.8 Å². The lowest BCUT2D eigenvalue weighted by molar-refractivity contribution is -0.150. The van der Waals surface area contributed by atoms with E-state index in [9.17, 15) is 24.7 Å². The Hall–Kier alpha value is -3.19. The van der Waals surface area contributed by atoms with Gasteiger partial charge in [0, 0.05) is 33.3 Å². The van der Waals surface area contributed by atoms with E-state index < -0.39 is 34.9 Å². The van der Waals surface area contributed by atoms with E-state index in [1.807, 2.05) is 6.07 Å². The number of hydrogen-bond donors (Lipinski definition) is 6. The number of aliphatic carboxylic acids is 1. The number of oxime groups is 1. The van der Waals surface area contributed by atoms with Crippen LogP contribution >= 0.6 is 58.2 Å². The first-order chi connectivity index (χ1) is 19.1. The molecule has 2 amide bonds. The lowest BCUT2D eigenvalue weighted by Crippen LogP contribution is -2.71. The molecule has 4 rings (SSSR count). The molecule has 2 aromatic rings. The van der Waals surface area contributed by atoms with Crippen molar-refractivity contribution in [2.45, 2.75) is 22.1 Å². The molecule has 4 heterocycles. The van der Waals surface area contributed by atoms with Crippen LogP contribution in [0.1, 0.15) is 11.4 Å². The molecular formula is C21H22ClN9O5S4. The van der Waals surface area contributed by atoms with Crippen molar-refractivity contribution in [3.8, 4) is 0 Å². The summed E-state index contributed by atoms with van der Waals surface area (Å²) in [5.41, 5.74) is 16.2. The molecule has 0 aliphatic carbocycles. The molecule has 40 heavy (non-hydrogen) atoms. The van der Waals surface area contributed by atoms with E-state index in [1.54, 1.807) is 24.0 Å². The van der Waals surface area contributed by atoms with Crippen LogP contribution in [0.5, 0.6) is 0 Å². The zero-order valence-corrected chi connectivity index (χ0v) is 24.3. The fourth-order valence-electron chi connectivity index (χ4n) is 3.71. The van der Waals surface area contributed by atoms with Gasteiger partial charge in [-0.1, -0.05) is 39.9 Å². The van der Waals surface area contributed by atoms with Crippen LogP contribution in [-0.2, 0) is 20.1 Å². The summed E-state index contributed by atoms with van der Waals surface area (Å²) in [5, 5.41) is 24.2. The predicted molar refractivity (Wildman–Crippen MR) is 156 cm³/mol. The van der Waals surface area contributed by atoms with Crippen molar-refractivity contribution >= 4 is 92.8 Å². The van der Waals surface area contributed by atoms with Gasteiger partial charge in [-0.3, -0.25) is 24.5 Å². The van der Waals surface area contributed by atoms with Crippen molar-refractivity contribution < 1.29 is 24.7 Å². The Morgan fingerprint density at radius 1 is 1.35 bits per heavy atom. The van der Waals surface area contributed by atoms with Gasteiger partial charge in [0.05, 0.1) is 12.2 Å². The molecule has 0 saturated carbocycles. The van der Waals surface area contributed by atoms with E-state index in [-0.39, 0.29) is 32.6 Å². The number of thiazole rings is 1. The third kappa shape index (κ3) is 6.41. The van der Waals surface area contributed by atoms with Crippen LogP contribution in [0.15, 0.2) is 44.0 Å². The summed E-state index contributed by atoms with van der Waals surface area (Å²) in [5.74, 6) is -1.29. The lowest BCUT2D eigenvalue weighted by Gasteiger charge is -2.49. The van der Waals surface area contributed by atoms with Crippen molar-refractivity contribution in [3.05, 3.63) is 44.7 Å². The highest BCUT2D eigenvalue weighted by atomic mass is 35.5. The molecule has 14 nitrogen and oxygen atoms in total. The monoisotopic (exact) mass is 643 g/mol. The van der Waals surface area contributed by atoms with E-state index in [0.29, 0.717) is 23.0 Å². The summed E-state index contributed by atoms with van der Waals surface area (Å²) < 4.78 is 0.0359. The number of thioether (sulfide) groups is 3. The first-order valence-corrected chi connectivity index (χ1v) is 15.4. The van der Waals surface area contributed by atoms with Crippen molar-refractivity contribution in [1.29, 1.82) is 0 Å². The number of fused-ring (bicyclic) bond motifs is 1. The first-order valence-electron chi connectivity index (χ1n) is 11.2. The SMILES string of the molecule is NC(N)=NCCSCc1ncccc1SC1=C(C(=O)O)N2C(=O)[C@@H](NC(=O)/C(=N\O)c3nc(N)sc3Cl)C2SC1. The number of carboxylic acids is 1. The smallest absolute Gasteiger partial charge is 0.353 e. The Labute approximate surface area is 248 Å². The predicted octanol–water partition coefficient (Wildman–Crippen LogP) is 0.947. The Bertz CT molecular complexity index is 1430. The molecule has 1 saturated heterocycles. The maximum atomic E-state index is 13.1. The second-order valence-electron chi connectivity index (χ2n) is 7.97. The Morgan fingerprint density at radius 3 is 2.77 bits per heavy atom. The van der Waals surface area contributed by atoms with E-state index in [2.05, 4.69) is 25.4 Å². The molecular weight excluding hydrogens is 622 g/mol. The van der Waals surface area contributed by atoms with E-state index in [4.69, 9.17) is 28.8 Å². The van der Waals surface area contributed by atoms with Crippen LogP contribution < -0.4 is 22.5 Å². The minimum Gasteiger partial charge on any atom is -0.477 e. The molecule has 1 unspecified atom stereocenters. The van der Waals surface area contributed by atoms with Crippen LogP contribution in [-0.4, -0.2) is 84.1 Å². The normalized spacial score (nSPS) is 18.7. The van der Waals surface area contributed by atoms with Gasteiger partial charge in [0.2, 0.25) is 0 Å². The van der Waals surface area contributed by atoms with Gasteiger partial charge in [0.25, 0.3) is 11.8 Å². The number of guanidine groups is 1. The number of carbonyl (C=O) groups is 3. The molecule has 9 N–H and O–H groups in total. The number of carboxylic acid groups (broad SMARTS) is 1. The Morgan fingerprint density at radius 2 is 2.12 bits per heavy atom. The number of rotatable bonds is 11. The number of pyridine rings is 1. The highest BCUT2D eigenvalue weighted by Crippen LogP contribution is 2.45. The van der Waals surface area contributed by atoms with Crippen LogP contribution in [0.2, 0.25) is 4.34 Å². The molecule has 0 spiro atoms. The third-order valence-corrected chi connectivity index (χ3v) is 10.1. The van der Waals surface area contributed by atoms with Crippen LogP contribution in [0.25, 0.3) is 0 Å². The van der Waals surface area contributed by atoms with E-state index >= 15 is 0 Å². The maximum Gasteiger partial charge on any atom is 0.353 e. The number of nitrogens with two attached hydrogens (primary N) is 3. The second kappa shape index (κ2) is 13.0. The fraction of sp³-hybridized carbons (Fsp3) is 0.286. The number of amides is 2. The summed E-state index contributed by atoms with van der Waals surface area (Å²) in [6.07, 6.45) is 1.65. The fourth-order valence-corrected chi connectivity index (χ4v) is 8.09. The van der Waals surface area contributed by atoms with Gasteiger partial charge in [-0.25, -0.2) is 9.78 Å². The zero-order chi connectivity index (χ0) is 29.0. The van der Waals surface area contributed by atoms with Gasteiger partial charge < -0.3 is 32.8 Å². The number of aliphatic imine (C=N–C) groups is 1. The summed E-state index contributed by atoms with van der Waals surface area (Å²) in [4.78, 5) is 52.8. The molecule has 1 fully saturated rings. The molecule has 2 aliphatic rings. The van der Waals surface area contributed by atoms with Gasteiger partial charge in [-0.2, -0.15) is 11.8 Å². The summed E-state index contributed by atoms with van der Waals surface area (Å²) in [6.45, 7) is 0.458. The molecule has 212 valence electrons. The maximum absolute atomic E-state index is 13.1.